The molecule has 1 aliphatic heterocycles. The molecule has 1 aromatic heterocycles. The SMILES string of the molecule is CC(=O)N1c2ncc(Br)cc2N(S(=O)(=O)c2ccc(C)cc2)CC1C. The molecule has 0 bridgehead atoms. The third-order valence-electron chi connectivity index (χ3n) is 4.13. The maximum absolute atomic E-state index is 13.2. The Morgan fingerprint density at radius 1 is 1.28 bits per heavy atom. The van der Waals surface area contributed by atoms with E-state index >= 15 is 0 Å². The van der Waals surface area contributed by atoms with Crippen molar-refractivity contribution in [2.75, 3.05) is 15.7 Å². The maximum atomic E-state index is 13.2. The van der Waals surface area contributed by atoms with Crippen LogP contribution in [0.5, 0.6) is 0 Å². The van der Waals surface area contributed by atoms with Gasteiger partial charge in [0.15, 0.2) is 5.82 Å². The van der Waals surface area contributed by atoms with Gasteiger partial charge in [-0.3, -0.25) is 14.0 Å². The average molecular weight is 424 g/mol. The summed E-state index contributed by atoms with van der Waals surface area (Å²) in [5.41, 5.74) is 1.38. The fraction of sp³-hybridized carbons (Fsp3) is 0.294. The normalized spacial score (nSPS) is 17.4. The number of benzene rings is 1. The summed E-state index contributed by atoms with van der Waals surface area (Å²) in [7, 11) is -3.76. The van der Waals surface area contributed by atoms with E-state index in [-0.39, 0.29) is 23.4 Å². The zero-order valence-electron chi connectivity index (χ0n) is 14.1. The van der Waals surface area contributed by atoms with Crippen LogP contribution in [0.1, 0.15) is 19.4 Å². The van der Waals surface area contributed by atoms with E-state index in [2.05, 4.69) is 20.9 Å². The number of hydrogen-bond donors (Lipinski definition) is 0. The molecule has 2 heterocycles. The first-order valence-electron chi connectivity index (χ1n) is 7.76. The topological polar surface area (TPSA) is 70.6 Å². The van der Waals surface area contributed by atoms with Crippen LogP contribution >= 0.6 is 15.9 Å². The lowest BCUT2D eigenvalue weighted by Gasteiger charge is -2.40. The summed E-state index contributed by atoms with van der Waals surface area (Å²) < 4.78 is 28.3. The number of aromatic nitrogens is 1. The van der Waals surface area contributed by atoms with E-state index in [0.717, 1.165) is 5.56 Å². The number of sulfonamides is 1. The zero-order valence-corrected chi connectivity index (χ0v) is 16.5. The van der Waals surface area contributed by atoms with Crippen molar-refractivity contribution >= 4 is 43.4 Å². The standard InChI is InChI=1S/C17H18BrN3O3S/c1-11-4-6-15(7-5-11)25(23,24)20-10-12(2)21(13(3)22)17-16(20)8-14(18)9-19-17/h4-9,12H,10H2,1-3H3. The van der Waals surface area contributed by atoms with Crippen molar-refractivity contribution in [1.29, 1.82) is 0 Å². The fourth-order valence-corrected chi connectivity index (χ4v) is 4.80. The van der Waals surface area contributed by atoms with Gasteiger partial charge in [-0.25, -0.2) is 13.4 Å². The largest absolute Gasteiger partial charge is 0.291 e. The summed E-state index contributed by atoms with van der Waals surface area (Å²) in [5.74, 6) is 0.182. The first-order chi connectivity index (χ1) is 11.7. The number of carbonyl (C=O) groups is 1. The highest BCUT2D eigenvalue weighted by atomic mass is 79.9. The second-order valence-corrected chi connectivity index (χ2v) is 8.86. The number of pyridine rings is 1. The molecule has 1 atom stereocenters. The third kappa shape index (κ3) is 3.16. The lowest BCUT2D eigenvalue weighted by Crippen LogP contribution is -2.51. The first kappa shape index (κ1) is 17.9. The maximum Gasteiger partial charge on any atom is 0.264 e. The number of nitrogens with zero attached hydrogens (tertiary/aromatic N) is 3. The molecule has 0 N–H and O–H groups in total. The van der Waals surface area contributed by atoms with Crippen LogP contribution in [-0.4, -0.2) is 31.9 Å². The number of halogens is 1. The van der Waals surface area contributed by atoms with Crippen LogP contribution in [0.15, 0.2) is 45.9 Å². The smallest absolute Gasteiger partial charge is 0.264 e. The molecule has 132 valence electrons. The number of amides is 1. The molecule has 2 aromatic rings. The van der Waals surface area contributed by atoms with Crippen molar-refractivity contribution < 1.29 is 13.2 Å². The van der Waals surface area contributed by atoms with E-state index < -0.39 is 10.0 Å². The Balaban J connectivity index is 2.17. The number of carbonyl (C=O) groups excluding carboxylic acids is 1. The number of aryl methyl sites for hydroxylation is 1. The van der Waals surface area contributed by atoms with Crippen molar-refractivity contribution in [1.82, 2.24) is 4.98 Å². The molecule has 0 saturated carbocycles. The van der Waals surface area contributed by atoms with Crippen LogP contribution in [0.4, 0.5) is 11.5 Å². The van der Waals surface area contributed by atoms with Crippen molar-refractivity contribution in [2.24, 2.45) is 0 Å². The molecule has 1 amide bonds. The van der Waals surface area contributed by atoms with E-state index in [1.807, 2.05) is 13.8 Å². The lowest BCUT2D eigenvalue weighted by atomic mass is 10.2. The summed E-state index contributed by atoms with van der Waals surface area (Å²) in [6.07, 6.45) is 1.56. The molecule has 1 aromatic carbocycles. The zero-order chi connectivity index (χ0) is 18.4. The molecule has 1 unspecified atom stereocenters. The number of hydrogen-bond acceptors (Lipinski definition) is 4. The summed E-state index contributed by atoms with van der Waals surface area (Å²) >= 11 is 3.34. The van der Waals surface area contributed by atoms with Gasteiger partial charge in [0.1, 0.15) is 0 Å². The molecule has 1 aliphatic rings. The minimum absolute atomic E-state index is 0.168. The van der Waals surface area contributed by atoms with Crippen LogP contribution in [0, 0.1) is 6.92 Å². The minimum Gasteiger partial charge on any atom is -0.291 e. The molecule has 0 fully saturated rings. The van der Waals surface area contributed by atoms with Gasteiger partial charge in [-0.05, 0) is 48.0 Å². The number of anilines is 2. The summed E-state index contributed by atoms with van der Waals surface area (Å²) in [4.78, 5) is 18.1. The van der Waals surface area contributed by atoms with Gasteiger partial charge in [0.25, 0.3) is 10.0 Å². The highest BCUT2D eigenvalue weighted by Gasteiger charge is 2.38. The molecular weight excluding hydrogens is 406 g/mol. The molecular formula is C17H18BrN3O3S. The van der Waals surface area contributed by atoms with Gasteiger partial charge in [-0.2, -0.15) is 0 Å². The third-order valence-corrected chi connectivity index (χ3v) is 6.36. The molecule has 8 heteroatoms. The minimum atomic E-state index is -3.76. The van der Waals surface area contributed by atoms with Gasteiger partial charge in [-0.15, -0.1) is 0 Å². The molecule has 3 rings (SSSR count). The van der Waals surface area contributed by atoms with Crippen LogP contribution in [0.25, 0.3) is 0 Å². The monoisotopic (exact) mass is 423 g/mol. The Labute approximate surface area is 155 Å². The predicted molar refractivity (Wildman–Crippen MR) is 100 cm³/mol. The van der Waals surface area contributed by atoms with E-state index in [1.54, 1.807) is 36.5 Å². The van der Waals surface area contributed by atoms with Crippen molar-refractivity contribution in [3.63, 3.8) is 0 Å². The molecule has 6 nitrogen and oxygen atoms in total. The van der Waals surface area contributed by atoms with Crippen molar-refractivity contribution in [3.05, 3.63) is 46.6 Å². The second kappa shape index (κ2) is 6.42. The quantitative estimate of drug-likeness (QED) is 0.743. The molecule has 0 radical (unpaired) electrons. The molecule has 0 saturated heterocycles. The van der Waals surface area contributed by atoms with Crippen molar-refractivity contribution in [3.8, 4) is 0 Å². The van der Waals surface area contributed by atoms with Gasteiger partial charge in [0, 0.05) is 17.6 Å². The Morgan fingerprint density at radius 2 is 1.92 bits per heavy atom. The van der Waals surface area contributed by atoms with Crippen LogP contribution in [-0.2, 0) is 14.8 Å². The summed E-state index contributed by atoms with van der Waals surface area (Å²) in [6.45, 7) is 5.33. The van der Waals surface area contributed by atoms with Gasteiger partial charge >= 0.3 is 0 Å². The van der Waals surface area contributed by atoms with Gasteiger partial charge in [0.05, 0.1) is 23.2 Å². The second-order valence-electron chi connectivity index (χ2n) is 6.08. The molecule has 0 aliphatic carbocycles. The number of rotatable bonds is 2. The lowest BCUT2D eigenvalue weighted by molar-refractivity contribution is -0.117. The fourth-order valence-electron chi connectivity index (χ4n) is 2.94. The average Bonchev–Trinajstić information content (AvgIpc) is 2.54. The highest BCUT2D eigenvalue weighted by Crippen LogP contribution is 2.38. The van der Waals surface area contributed by atoms with E-state index in [0.29, 0.717) is 16.0 Å². The van der Waals surface area contributed by atoms with Crippen molar-refractivity contribution in [2.45, 2.75) is 31.7 Å². The Morgan fingerprint density at radius 3 is 2.52 bits per heavy atom. The van der Waals surface area contributed by atoms with Crippen LogP contribution in [0.2, 0.25) is 0 Å². The summed E-state index contributed by atoms with van der Waals surface area (Å²) in [5, 5.41) is 0. The predicted octanol–water partition coefficient (Wildman–Crippen LogP) is 3.10. The van der Waals surface area contributed by atoms with Crippen LogP contribution < -0.4 is 9.21 Å². The van der Waals surface area contributed by atoms with E-state index in [1.165, 1.54) is 16.1 Å². The Hall–Kier alpha value is -1.93. The van der Waals surface area contributed by atoms with Gasteiger partial charge < -0.3 is 0 Å². The van der Waals surface area contributed by atoms with Gasteiger partial charge in [0.2, 0.25) is 5.91 Å². The summed E-state index contributed by atoms with van der Waals surface area (Å²) in [6, 6.07) is 8.08. The van der Waals surface area contributed by atoms with Gasteiger partial charge in [-0.1, -0.05) is 17.7 Å². The molecule has 25 heavy (non-hydrogen) atoms. The first-order valence-corrected chi connectivity index (χ1v) is 10.00. The Kier molecular flexibility index (Phi) is 4.59. The molecule has 0 spiro atoms. The highest BCUT2D eigenvalue weighted by molar-refractivity contribution is 9.10. The van der Waals surface area contributed by atoms with E-state index in [4.69, 9.17) is 0 Å². The Bertz CT molecular complexity index is 929. The number of fused-ring (bicyclic) bond motifs is 1. The van der Waals surface area contributed by atoms with Crippen LogP contribution in [0.3, 0.4) is 0 Å². The van der Waals surface area contributed by atoms with E-state index in [9.17, 15) is 13.2 Å².